The van der Waals surface area contributed by atoms with Crippen LogP contribution in [0.3, 0.4) is 0 Å². The van der Waals surface area contributed by atoms with Gasteiger partial charge in [-0.05, 0) is 5.18 Å². The van der Waals surface area contributed by atoms with Crippen molar-refractivity contribution < 1.29 is 5.11 Å². The molecule has 0 fully saturated rings. The van der Waals surface area contributed by atoms with Gasteiger partial charge in [-0.15, -0.1) is 4.91 Å². The van der Waals surface area contributed by atoms with Gasteiger partial charge < -0.3 is 5.11 Å². The Morgan fingerprint density at radius 3 is 2.40 bits per heavy atom. The highest BCUT2D eigenvalue weighted by atomic mass is 16.3. The zero-order chi connectivity index (χ0) is 4.12. The molecule has 0 radical (unpaired) electrons. The minimum absolute atomic E-state index is 0.576. The van der Waals surface area contributed by atoms with Gasteiger partial charge in [0.2, 0.25) is 0 Å². The Kier molecular flexibility index (Phi) is 2.60. The first-order chi connectivity index (χ1) is 2.41. The second-order valence-electron chi connectivity index (χ2n) is 0.404. The van der Waals surface area contributed by atoms with Crippen molar-refractivity contribution in [2.75, 3.05) is 0 Å². The molecule has 5 heavy (non-hydrogen) atoms. The lowest BCUT2D eigenvalue weighted by molar-refractivity contribution is 0.472. The fraction of sp³-hybridized carbons (Fsp3) is 0. The molecule has 0 amide bonds. The standard InChI is InChI=1S/C2H3NO2/c4-2-1-3-5/h1-2,4H/b2-1-. The molecule has 3 heteroatoms. The second kappa shape index (κ2) is 3.14. The Bertz CT molecular complexity index is 49.6. The topological polar surface area (TPSA) is 49.7 Å². The zero-order valence-electron chi connectivity index (χ0n) is 2.46. The third-order valence-corrected chi connectivity index (χ3v) is 0.128. The third kappa shape index (κ3) is 3.14. The van der Waals surface area contributed by atoms with Crippen LogP contribution in [0.4, 0.5) is 0 Å². The predicted octanol–water partition coefficient (Wildman–Crippen LogP) is 0.782. The van der Waals surface area contributed by atoms with Crippen molar-refractivity contribution in [2.24, 2.45) is 5.18 Å². The van der Waals surface area contributed by atoms with Crippen LogP contribution in [0.2, 0.25) is 0 Å². The lowest BCUT2D eigenvalue weighted by atomic mass is 11.0. The average molecular weight is 73.1 g/mol. The molecule has 0 atom stereocenters. The lowest BCUT2D eigenvalue weighted by Gasteiger charge is -1.53. The average Bonchev–Trinajstić information content (AvgIpc) is 1.41. The van der Waals surface area contributed by atoms with Crippen molar-refractivity contribution in [1.82, 2.24) is 0 Å². The predicted molar refractivity (Wildman–Crippen MR) is 17.6 cm³/mol. The van der Waals surface area contributed by atoms with Gasteiger partial charge in [-0.3, -0.25) is 0 Å². The number of nitroso groups, excluding NO2 is 1. The summed E-state index contributed by atoms with van der Waals surface area (Å²) in [6.07, 6.45) is 1.33. The van der Waals surface area contributed by atoms with Crippen molar-refractivity contribution in [3.8, 4) is 0 Å². The third-order valence-electron chi connectivity index (χ3n) is 0.128. The van der Waals surface area contributed by atoms with E-state index >= 15 is 0 Å². The number of nitrogens with zero attached hydrogens (tertiary/aromatic N) is 1. The summed E-state index contributed by atoms with van der Waals surface area (Å²) in [5.41, 5.74) is 0. The largest absolute Gasteiger partial charge is 0.514 e. The van der Waals surface area contributed by atoms with Gasteiger partial charge in [0, 0.05) is 0 Å². The minimum atomic E-state index is 0.576. The Balaban J connectivity index is 2.92. The van der Waals surface area contributed by atoms with Gasteiger partial charge in [0.25, 0.3) is 0 Å². The number of aliphatic hydroxyl groups is 1. The molecule has 0 aliphatic carbocycles. The monoisotopic (exact) mass is 73.0 g/mol. The van der Waals surface area contributed by atoms with Crippen molar-refractivity contribution in [2.45, 2.75) is 0 Å². The maximum Gasteiger partial charge on any atom is 0.106 e. The fourth-order valence-corrected chi connectivity index (χ4v) is 0.0272. The van der Waals surface area contributed by atoms with Crippen LogP contribution in [0, 0.1) is 4.91 Å². The Labute approximate surface area is 28.9 Å². The summed E-state index contributed by atoms with van der Waals surface area (Å²) in [6.45, 7) is 0. The van der Waals surface area contributed by atoms with E-state index in [4.69, 9.17) is 10.0 Å². The Morgan fingerprint density at radius 2 is 2.40 bits per heavy atom. The molecule has 0 saturated carbocycles. The van der Waals surface area contributed by atoms with Crippen LogP contribution in [-0.4, -0.2) is 5.11 Å². The second-order valence-corrected chi connectivity index (χ2v) is 0.404. The Hall–Kier alpha value is -0.860. The SMILES string of the molecule is O=N/C=C\O. The van der Waals surface area contributed by atoms with E-state index in [-0.39, 0.29) is 0 Å². The summed E-state index contributed by atoms with van der Waals surface area (Å²) in [5, 5.41) is 9.77. The molecule has 0 heterocycles. The highest BCUT2D eigenvalue weighted by Crippen LogP contribution is 1.61. The first kappa shape index (κ1) is 4.14. The number of hydrogen-bond acceptors (Lipinski definition) is 3. The molecule has 0 aromatic heterocycles. The molecule has 0 bridgehead atoms. The molecule has 0 aliphatic rings. The summed E-state index contributed by atoms with van der Waals surface area (Å²) in [5.74, 6) is 0. The van der Waals surface area contributed by atoms with Gasteiger partial charge in [-0.1, -0.05) is 0 Å². The lowest BCUT2D eigenvalue weighted by Crippen LogP contribution is -1.40. The normalized spacial score (nSPS) is 8.80. The quantitative estimate of drug-likeness (QED) is 0.368. The highest BCUT2D eigenvalue weighted by molar-refractivity contribution is 4.64. The van der Waals surface area contributed by atoms with Gasteiger partial charge >= 0.3 is 0 Å². The van der Waals surface area contributed by atoms with E-state index in [2.05, 4.69) is 5.18 Å². The maximum absolute atomic E-state index is 8.91. The first-order valence-corrected chi connectivity index (χ1v) is 1.03. The molecule has 0 aromatic rings. The van der Waals surface area contributed by atoms with Crippen molar-refractivity contribution in [1.29, 1.82) is 0 Å². The molecule has 1 N–H and O–H groups in total. The smallest absolute Gasteiger partial charge is 0.106 e. The van der Waals surface area contributed by atoms with Crippen LogP contribution in [0.15, 0.2) is 17.6 Å². The highest BCUT2D eigenvalue weighted by Gasteiger charge is 1.49. The van der Waals surface area contributed by atoms with Gasteiger partial charge in [-0.25, -0.2) is 0 Å². The van der Waals surface area contributed by atoms with Crippen molar-refractivity contribution in [3.05, 3.63) is 17.4 Å². The molecular weight excluding hydrogens is 70.0 g/mol. The summed E-state index contributed by atoms with van der Waals surface area (Å²) in [6, 6.07) is 0. The molecule has 3 nitrogen and oxygen atoms in total. The molecule has 0 unspecified atom stereocenters. The van der Waals surface area contributed by atoms with Crippen LogP contribution in [-0.2, 0) is 0 Å². The molecule has 0 rings (SSSR count). The van der Waals surface area contributed by atoms with E-state index < -0.39 is 0 Å². The van der Waals surface area contributed by atoms with Crippen LogP contribution >= 0.6 is 0 Å². The summed E-state index contributed by atoms with van der Waals surface area (Å²) in [4.78, 5) is 8.91. The van der Waals surface area contributed by atoms with Crippen LogP contribution in [0.1, 0.15) is 0 Å². The molecule has 0 aliphatic heterocycles. The van der Waals surface area contributed by atoms with E-state index in [1.807, 2.05) is 0 Å². The molecule has 0 aromatic carbocycles. The van der Waals surface area contributed by atoms with Gasteiger partial charge in [-0.2, -0.15) is 0 Å². The Morgan fingerprint density at radius 1 is 1.80 bits per heavy atom. The molecule has 0 spiro atoms. The van der Waals surface area contributed by atoms with Gasteiger partial charge in [0.15, 0.2) is 0 Å². The van der Waals surface area contributed by atoms with Crippen LogP contribution in [0.5, 0.6) is 0 Å². The summed E-state index contributed by atoms with van der Waals surface area (Å²) in [7, 11) is 0. The van der Waals surface area contributed by atoms with Crippen molar-refractivity contribution in [3.63, 3.8) is 0 Å². The first-order valence-electron chi connectivity index (χ1n) is 1.03. The summed E-state index contributed by atoms with van der Waals surface area (Å²) < 4.78 is 0. The number of rotatable bonds is 1. The fourth-order valence-electron chi connectivity index (χ4n) is 0.0272. The van der Waals surface area contributed by atoms with E-state index in [1.54, 1.807) is 0 Å². The van der Waals surface area contributed by atoms with Crippen LogP contribution < -0.4 is 0 Å². The van der Waals surface area contributed by atoms with Crippen LogP contribution in [0.25, 0.3) is 0 Å². The molecule has 0 saturated heterocycles. The zero-order valence-corrected chi connectivity index (χ0v) is 2.46. The number of aliphatic hydroxyl groups excluding tert-OH is 1. The number of hydrogen-bond donors (Lipinski definition) is 1. The molecule has 28 valence electrons. The van der Waals surface area contributed by atoms with Crippen molar-refractivity contribution >= 4 is 0 Å². The van der Waals surface area contributed by atoms with E-state index in [0.29, 0.717) is 6.26 Å². The van der Waals surface area contributed by atoms with E-state index in [1.165, 1.54) is 0 Å². The molecular formula is C2H3NO2. The van der Waals surface area contributed by atoms with Gasteiger partial charge in [0.1, 0.15) is 12.5 Å². The maximum atomic E-state index is 8.91. The van der Waals surface area contributed by atoms with E-state index in [9.17, 15) is 0 Å². The van der Waals surface area contributed by atoms with Gasteiger partial charge in [0.05, 0.1) is 0 Å². The van der Waals surface area contributed by atoms with E-state index in [0.717, 1.165) is 6.20 Å². The summed E-state index contributed by atoms with van der Waals surface area (Å²) >= 11 is 0. The minimum Gasteiger partial charge on any atom is -0.514 e.